The molecule has 0 aromatic rings. The first-order valence-corrected chi connectivity index (χ1v) is 50.8. The molecule has 716 valence electrons. The van der Waals surface area contributed by atoms with Gasteiger partial charge in [0.25, 0.3) is 0 Å². The number of carbonyl (C=O) groups is 5. The molecule has 0 aromatic carbocycles. The standard InChI is InChI=1S/C39H72O5.C23H46O4.2C21H40O4/c1-3-5-7-9-11-13-15-17-19-21-23-25-27-29-31-33-35-43-39(42)37(36-40)44-38(41)34-32-30-28-26-24-22-20-18-16-14-12-10-8-6-4-2;1-18(2)9-6-10-19(3)11-7-12-20(4)13-8-14-21(5)15-16-27-23(26)22(25)17-24;2*1-2-3-4-5-6-7-8-9-10-11-12-13-14-15-16-17-18-25-21(24)20(23)19-22/h17-20,37,40H,3-16,21-36H2,1-2H3;18-22,24-25H,6-17H2,1-5H3;2*9-10,20,22-23H,2-8,11-19H2,1H3/b19-17-,20-18-;;2*10-9-. The van der Waals surface area contributed by atoms with Gasteiger partial charge in [0, 0.05) is 6.42 Å². The summed E-state index contributed by atoms with van der Waals surface area (Å²) in [6.07, 6.45) is 93.7. The van der Waals surface area contributed by atoms with Crippen LogP contribution in [0.1, 0.15) is 486 Å². The summed E-state index contributed by atoms with van der Waals surface area (Å²) >= 11 is 0. The van der Waals surface area contributed by atoms with Crippen molar-refractivity contribution < 1.29 is 83.4 Å². The van der Waals surface area contributed by atoms with E-state index in [1.165, 1.54) is 321 Å². The Hall–Kier alpha value is -3.97. The van der Waals surface area contributed by atoms with E-state index in [9.17, 15) is 29.1 Å². The molecule has 0 amide bonds. The van der Waals surface area contributed by atoms with Crippen molar-refractivity contribution in [2.24, 2.45) is 23.7 Å². The summed E-state index contributed by atoms with van der Waals surface area (Å²) in [4.78, 5) is 57.8. The number of hydrogen-bond acceptors (Lipinski definition) is 17. The van der Waals surface area contributed by atoms with Crippen molar-refractivity contribution >= 4 is 29.8 Å². The normalized spacial score (nSPS) is 13.3. The molecule has 17 heteroatoms. The molecule has 0 spiro atoms. The molecule has 0 radical (unpaired) electrons. The van der Waals surface area contributed by atoms with Crippen LogP contribution >= 0.6 is 0 Å². The smallest absolute Gasteiger partial charge is 0.349 e. The lowest BCUT2D eigenvalue weighted by Gasteiger charge is -2.16. The second kappa shape index (κ2) is 103. The summed E-state index contributed by atoms with van der Waals surface area (Å²) < 4.78 is 25.1. The van der Waals surface area contributed by atoms with Crippen LogP contribution in [0.25, 0.3) is 0 Å². The number of ether oxygens (including phenoxy) is 5. The van der Waals surface area contributed by atoms with E-state index in [2.05, 4.69) is 111 Å². The number of esters is 5. The lowest BCUT2D eigenvalue weighted by atomic mass is 9.91. The van der Waals surface area contributed by atoms with E-state index in [-0.39, 0.29) is 6.42 Å². The zero-order chi connectivity index (χ0) is 90.0. The maximum Gasteiger partial charge on any atom is 0.349 e. The van der Waals surface area contributed by atoms with Gasteiger partial charge < -0.3 is 59.4 Å². The SMILES string of the molecule is CC(C)CCCC(C)CCCC(C)CCCC(C)CCOC(=O)C(O)CO.CCCCCCCC/C=C\CCCCCCCCOC(=O)C(CO)OC(=O)CCCCCCC/C=C\CCCCCCCC.CCCCCCCC/C=C\CCCCCCCCOC(=O)C(O)CO.CCCCCCCC/C=C\CCCCCCCCOC(=O)C(O)CO. The minimum absolute atomic E-state index is 0.275. The molecule has 0 saturated heterocycles. The highest BCUT2D eigenvalue weighted by Crippen LogP contribution is 2.24. The largest absolute Gasteiger partial charge is 0.464 e. The Bertz CT molecular complexity index is 2190. The first kappa shape index (κ1) is 123. The molecule has 0 heterocycles. The number of hydrogen-bond donors (Lipinski definition) is 7. The van der Waals surface area contributed by atoms with Crippen molar-refractivity contribution in [1.29, 1.82) is 0 Å². The van der Waals surface area contributed by atoms with Crippen LogP contribution in [0.15, 0.2) is 48.6 Å². The first-order valence-electron chi connectivity index (χ1n) is 50.8. The monoisotopic (exact) mass is 1720 g/mol. The second-order valence-corrected chi connectivity index (χ2v) is 35.4. The zero-order valence-electron chi connectivity index (χ0n) is 80.3. The van der Waals surface area contributed by atoms with Gasteiger partial charge in [-0.1, -0.05) is 393 Å². The van der Waals surface area contributed by atoms with Gasteiger partial charge in [0.1, 0.15) is 0 Å². The van der Waals surface area contributed by atoms with E-state index >= 15 is 0 Å². The minimum Gasteiger partial charge on any atom is -0.464 e. The zero-order valence-corrected chi connectivity index (χ0v) is 80.3. The number of carbonyl (C=O) groups excluding carboxylic acids is 5. The van der Waals surface area contributed by atoms with Crippen LogP contribution in [0.5, 0.6) is 0 Å². The number of rotatable bonds is 87. The summed E-state index contributed by atoms with van der Waals surface area (Å²) in [5.74, 6) is -0.257. The average molecular weight is 1720 g/mol. The molecular formula is C104H198O17. The number of aliphatic hydroxyl groups is 7. The van der Waals surface area contributed by atoms with Crippen LogP contribution in [0.3, 0.4) is 0 Å². The predicted molar refractivity (Wildman–Crippen MR) is 506 cm³/mol. The molecule has 0 aliphatic heterocycles. The third kappa shape index (κ3) is 101. The molecule has 7 atom stereocenters. The van der Waals surface area contributed by atoms with Crippen LogP contribution in [0, 0.1) is 23.7 Å². The summed E-state index contributed by atoms with van der Waals surface area (Å²) in [5.41, 5.74) is 0. The third-order valence-electron chi connectivity index (χ3n) is 22.5. The van der Waals surface area contributed by atoms with E-state index in [4.69, 9.17) is 54.3 Å². The van der Waals surface area contributed by atoms with Crippen LogP contribution in [-0.4, -0.2) is 143 Å². The van der Waals surface area contributed by atoms with Crippen molar-refractivity contribution in [3.8, 4) is 0 Å². The molecule has 7 unspecified atom stereocenters. The van der Waals surface area contributed by atoms with Crippen molar-refractivity contribution in [1.82, 2.24) is 0 Å². The number of aliphatic hydroxyl groups excluding tert-OH is 7. The quantitative estimate of drug-likeness (QED) is 0.0129. The summed E-state index contributed by atoms with van der Waals surface area (Å²) in [6.45, 7) is 19.6. The fraction of sp³-hybridized carbons (Fsp3) is 0.875. The van der Waals surface area contributed by atoms with E-state index < -0.39 is 80.7 Å². The Kier molecular flexibility index (Phi) is 105. The van der Waals surface area contributed by atoms with Gasteiger partial charge in [0.15, 0.2) is 18.3 Å². The predicted octanol–water partition coefficient (Wildman–Crippen LogP) is 26.7. The van der Waals surface area contributed by atoms with Gasteiger partial charge in [-0.15, -0.1) is 0 Å². The summed E-state index contributed by atoms with van der Waals surface area (Å²) in [7, 11) is 0. The van der Waals surface area contributed by atoms with E-state index in [1.54, 1.807) is 0 Å². The molecule has 0 fully saturated rings. The van der Waals surface area contributed by atoms with Gasteiger partial charge in [0.2, 0.25) is 6.10 Å². The molecule has 0 bridgehead atoms. The Balaban J connectivity index is -0.000000781. The maximum atomic E-state index is 12.2. The lowest BCUT2D eigenvalue weighted by molar-refractivity contribution is -0.170. The van der Waals surface area contributed by atoms with E-state index in [0.29, 0.717) is 32.3 Å². The van der Waals surface area contributed by atoms with E-state index in [1.807, 2.05) is 0 Å². The average Bonchev–Trinajstić information content (AvgIpc) is 0.925. The van der Waals surface area contributed by atoms with Gasteiger partial charge in [-0.3, -0.25) is 4.79 Å². The molecule has 0 aliphatic carbocycles. The number of unbranched alkanes of at least 4 members (excludes halogenated alkanes) is 47. The Morgan fingerprint density at radius 3 is 0.702 bits per heavy atom. The van der Waals surface area contributed by atoms with Crippen LogP contribution in [0.2, 0.25) is 0 Å². The fourth-order valence-electron chi connectivity index (χ4n) is 14.2. The highest BCUT2D eigenvalue weighted by atomic mass is 16.6. The molecule has 0 aromatic heterocycles. The fourth-order valence-corrected chi connectivity index (χ4v) is 14.2. The van der Waals surface area contributed by atoms with Crippen molar-refractivity contribution in [3.05, 3.63) is 48.6 Å². The molecular weight excluding hydrogens is 1520 g/mol. The van der Waals surface area contributed by atoms with Gasteiger partial charge >= 0.3 is 29.8 Å². The van der Waals surface area contributed by atoms with Crippen LogP contribution < -0.4 is 0 Å². The molecule has 121 heavy (non-hydrogen) atoms. The first-order chi connectivity index (χ1) is 58.8. The van der Waals surface area contributed by atoms with Gasteiger partial charge in [-0.2, -0.15) is 0 Å². The molecule has 0 saturated carbocycles. The van der Waals surface area contributed by atoms with Crippen molar-refractivity contribution in [3.63, 3.8) is 0 Å². The third-order valence-corrected chi connectivity index (χ3v) is 22.5. The van der Waals surface area contributed by atoms with Gasteiger partial charge in [-0.05, 0) is 159 Å². The molecule has 17 nitrogen and oxygen atoms in total. The summed E-state index contributed by atoms with van der Waals surface area (Å²) in [5, 5.41) is 62.6. The topological polar surface area (TPSA) is 273 Å². The Labute approximate surface area is 745 Å². The molecule has 0 rings (SSSR count). The maximum absolute atomic E-state index is 12.2. The highest BCUT2D eigenvalue weighted by molar-refractivity contribution is 5.79. The minimum atomic E-state index is -1.40. The van der Waals surface area contributed by atoms with Crippen molar-refractivity contribution in [2.45, 2.75) is 511 Å². The summed E-state index contributed by atoms with van der Waals surface area (Å²) in [6, 6.07) is 0. The lowest BCUT2D eigenvalue weighted by Crippen LogP contribution is -2.32. The van der Waals surface area contributed by atoms with Crippen LogP contribution in [-0.2, 0) is 47.7 Å². The van der Waals surface area contributed by atoms with E-state index in [0.717, 1.165) is 114 Å². The van der Waals surface area contributed by atoms with Crippen molar-refractivity contribution in [2.75, 3.05) is 52.9 Å². The Morgan fingerprint density at radius 2 is 0.455 bits per heavy atom. The van der Waals surface area contributed by atoms with Crippen LogP contribution in [0.4, 0.5) is 0 Å². The second-order valence-electron chi connectivity index (χ2n) is 35.4. The molecule has 0 aliphatic rings. The highest BCUT2D eigenvalue weighted by Gasteiger charge is 2.24. The Morgan fingerprint density at radius 1 is 0.240 bits per heavy atom. The van der Waals surface area contributed by atoms with Gasteiger partial charge in [-0.25, -0.2) is 19.2 Å². The van der Waals surface area contributed by atoms with Gasteiger partial charge in [0.05, 0.1) is 52.9 Å². The number of allylic oxidation sites excluding steroid dienone is 8. The molecule has 7 N–H and O–H groups in total.